The summed E-state index contributed by atoms with van der Waals surface area (Å²) in [6.07, 6.45) is 0.696. The van der Waals surface area contributed by atoms with Gasteiger partial charge >= 0.3 is 6.03 Å². The number of benzene rings is 2. The van der Waals surface area contributed by atoms with Crippen molar-refractivity contribution in [2.75, 3.05) is 38.0 Å². The Morgan fingerprint density at radius 2 is 1.81 bits per heavy atom. The monoisotopic (exact) mass is 355 g/mol. The Morgan fingerprint density at radius 3 is 2.50 bits per heavy atom. The molecule has 1 saturated heterocycles. The van der Waals surface area contributed by atoms with Crippen molar-refractivity contribution < 1.29 is 9.18 Å². The molecule has 1 heterocycles. The Balaban J connectivity index is 1.47. The van der Waals surface area contributed by atoms with Crippen LogP contribution in [0.5, 0.6) is 0 Å². The fraction of sp³-hybridized carbons (Fsp3) is 0.381. The van der Waals surface area contributed by atoms with Crippen LogP contribution in [0.4, 0.5) is 14.9 Å². The van der Waals surface area contributed by atoms with E-state index in [0.29, 0.717) is 19.5 Å². The summed E-state index contributed by atoms with van der Waals surface area (Å²) < 4.78 is 13.7. The Bertz CT molecular complexity index is 770. The van der Waals surface area contributed by atoms with E-state index in [1.54, 1.807) is 6.07 Å². The van der Waals surface area contributed by atoms with Crippen LogP contribution in [0.3, 0.4) is 0 Å². The standard InChI is InChI=1S/C21H26FN3O/c1-16-7-8-20(17(2)15-16)23-21(26)25-13-11-24(12-14-25)10-9-18-5-3-4-6-19(18)22/h3-8,15H,9-14H2,1-2H3,(H,23,26). The molecular weight excluding hydrogens is 329 g/mol. The first-order valence-electron chi connectivity index (χ1n) is 9.12. The molecule has 1 fully saturated rings. The molecule has 2 aromatic rings. The minimum atomic E-state index is -0.140. The molecule has 26 heavy (non-hydrogen) atoms. The van der Waals surface area contributed by atoms with Gasteiger partial charge in [-0.2, -0.15) is 0 Å². The summed E-state index contributed by atoms with van der Waals surface area (Å²) in [5, 5.41) is 3.01. The zero-order chi connectivity index (χ0) is 18.5. The van der Waals surface area contributed by atoms with Gasteiger partial charge < -0.3 is 10.2 Å². The maximum Gasteiger partial charge on any atom is 0.321 e. The van der Waals surface area contributed by atoms with Gasteiger partial charge in [0.25, 0.3) is 0 Å². The molecule has 3 rings (SSSR count). The van der Waals surface area contributed by atoms with Gasteiger partial charge in [0.15, 0.2) is 0 Å². The highest BCUT2D eigenvalue weighted by molar-refractivity contribution is 5.90. The number of amides is 2. The van der Waals surface area contributed by atoms with Gasteiger partial charge in [-0.05, 0) is 43.5 Å². The predicted molar refractivity (Wildman–Crippen MR) is 103 cm³/mol. The van der Waals surface area contributed by atoms with Gasteiger partial charge in [-0.1, -0.05) is 35.9 Å². The number of carbonyl (C=O) groups excluding carboxylic acids is 1. The van der Waals surface area contributed by atoms with Crippen LogP contribution in [-0.2, 0) is 6.42 Å². The van der Waals surface area contributed by atoms with E-state index in [0.717, 1.165) is 36.4 Å². The Morgan fingerprint density at radius 1 is 1.08 bits per heavy atom. The molecule has 0 spiro atoms. The van der Waals surface area contributed by atoms with E-state index < -0.39 is 0 Å². The average molecular weight is 355 g/mol. The van der Waals surface area contributed by atoms with Crippen LogP contribution >= 0.6 is 0 Å². The van der Waals surface area contributed by atoms with Gasteiger partial charge in [0.05, 0.1) is 0 Å². The number of halogens is 1. The van der Waals surface area contributed by atoms with E-state index in [4.69, 9.17) is 0 Å². The van der Waals surface area contributed by atoms with Crippen LogP contribution in [-0.4, -0.2) is 48.6 Å². The van der Waals surface area contributed by atoms with Gasteiger partial charge in [0, 0.05) is 38.4 Å². The SMILES string of the molecule is Cc1ccc(NC(=O)N2CCN(CCc3ccccc3F)CC2)c(C)c1. The first kappa shape index (κ1) is 18.4. The number of hydrogen-bond donors (Lipinski definition) is 1. The summed E-state index contributed by atoms with van der Waals surface area (Å²) >= 11 is 0. The molecule has 1 aliphatic heterocycles. The molecule has 4 nitrogen and oxygen atoms in total. The second kappa shape index (κ2) is 8.32. The highest BCUT2D eigenvalue weighted by Crippen LogP contribution is 2.17. The molecular formula is C21H26FN3O. The van der Waals surface area contributed by atoms with Crippen molar-refractivity contribution in [2.45, 2.75) is 20.3 Å². The van der Waals surface area contributed by atoms with Crippen LogP contribution < -0.4 is 5.32 Å². The van der Waals surface area contributed by atoms with E-state index >= 15 is 0 Å². The number of aryl methyl sites for hydroxylation is 2. The molecule has 0 bridgehead atoms. The molecule has 2 aromatic carbocycles. The smallest absolute Gasteiger partial charge is 0.321 e. The number of nitrogens with one attached hydrogen (secondary N) is 1. The van der Waals surface area contributed by atoms with Crippen molar-refractivity contribution in [1.29, 1.82) is 0 Å². The average Bonchev–Trinajstić information content (AvgIpc) is 2.64. The van der Waals surface area contributed by atoms with Crippen LogP contribution in [0.15, 0.2) is 42.5 Å². The minimum Gasteiger partial charge on any atom is -0.322 e. The van der Waals surface area contributed by atoms with Crippen LogP contribution in [0, 0.1) is 19.7 Å². The molecule has 1 aliphatic rings. The van der Waals surface area contributed by atoms with Gasteiger partial charge in [-0.25, -0.2) is 9.18 Å². The summed E-state index contributed by atoms with van der Waals surface area (Å²) in [5.74, 6) is -0.140. The number of anilines is 1. The zero-order valence-electron chi connectivity index (χ0n) is 15.5. The molecule has 0 atom stereocenters. The molecule has 0 radical (unpaired) electrons. The molecule has 138 valence electrons. The number of urea groups is 1. The van der Waals surface area contributed by atoms with E-state index in [9.17, 15) is 9.18 Å². The normalized spacial score (nSPS) is 15.1. The van der Waals surface area contributed by atoms with Crippen molar-refractivity contribution in [3.05, 3.63) is 65.0 Å². The summed E-state index contributed by atoms with van der Waals surface area (Å²) in [6.45, 7) is 7.86. The third-order valence-corrected chi connectivity index (χ3v) is 4.94. The second-order valence-electron chi connectivity index (χ2n) is 6.92. The number of nitrogens with zero attached hydrogens (tertiary/aromatic N) is 2. The molecule has 1 N–H and O–H groups in total. The highest BCUT2D eigenvalue weighted by atomic mass is 19.1. The summed E-state index contributed by atoms with van der Waals surface area (Å²) in [6, 6.07) is 12.9. The topological polar surface area (TPSA) is 35.6 Å². The third kappa shape index (κ3) is 4.61. The maximum absolute atomic E-state index is 13.7. The summed E-state index contributed by atoms with van der Waals surface area (Å²) in [4.78, 5) is 16.6. The highest BCUT2D eigenvalue weighted by Gasteiger charge is 2.21. The van der Waals surface area contributed by atoms with Gasteiger partial charge in [0.2, 0.25) is 0 Å². The second-order valence-corrected chi connectivity index (χ2v) is 6.92. The lowest BCUT2D eigenvalue weighted by Crippen LogP contribution is -2.50. The van der Waals surface area contributed by atoms with Gasteiger partial charge in [-0.15, -0.1) is 0 Å². The van der Waals surface area contributed by atoms with Crippen LogP contribution in [0.1, 0.15) is 16.7 Å². The zero-order valence-corrected chi connectivity index (χ0v) is 15.5. The number of rotatable bonds is 4. The lowest BCUT2D eigenvalue weighted by atomic mass is 10.1. The fourth-order valence-electron chi connectivity index (χ4n) is 3.30. The summed E-state index contributed by atoms with van der Waals surface area (Å²) in [5.41, 5.74) is 3.87. The number of carbonyl (C=O) groups is 1. The molecule has 5 heteroatoms. The maximum atomic E-state index is 13.7. The van der Waals surface area contributed by atoms with E-state index in [2.05, 4.69) is 16.3 Å². The van der Waals surface area contributed by atoms with Crippen molar-refractivity contribution >= 4 is 11.7 Å². The quantitative estimate of drug-likeness (QED) is 0.905. The Labute approximate surface area is 154 Å². The number of hydrogen-bond acceptors (Lipinski definition) is 2. The van der Waals surface area contributed by atoms with E-state index in [1.807, 2.05) is 43.0 Å². The van der Waals surface area contributed by atoms with Gasteiger partial charge in [-0.3, -0.25) is 4.90 Å². The largest absolute Gasteiger partial charge is 0.322 e. The molecule has 0 saturated carbocycles. The third-order valence-electron chi connectivity index (χ3n) is 4.94. The molecule has 2 amide bonds. The van der Waals surface area contributed by atoms with Crippen molar-refractivity contribution in [2.24, 2.45) is 0 Å². The fourth-order valence-corrected chi connectivity index (χ4v) is 3.30. The van der Waals surface area contributed by atoms with E-state index in [-0.39, 0.29) is 11.8 Å². The van der Waals surface area contributed by atoms with Gasteiger partial charge in [0.1, 0.15) is 5.82 Å². The summed E-state index contributed by atoms with van der Waals surface area (Å²) in [7, 11) is 0. The first-order valence-corrected chi connectivity index (χ1v) is 9.12. The minimum absolute atomic E-state index is 0.0503. The Hall–Kier alpha value is -2.40. The van der Waals surface area contributed by atoms with Crippen LogP contribution in [0.25, 0.3) is 0 Å². The molecule has 0 aliphatic carbocycles. The van der Waals surface area contributed by atoms with Crippen LogP contribution in [0.2, 0.25) is 0 Å². The van der Waals surface area contributed by atoms with Crippen molar-refractivity contribution in [3.8, 4) is 0 Å². The number of piperazine rings is 1. The first-order chi connectivity index (χ1) is 12.5. The van der Waals surface area contributed by atoms with Crippen molar-refractivity contribution in [3.63, 3.8) is 0 Å². The Kier molecular flexibility index (Phi) is 5.89. The lowest BCUT2D eigenvalue weighted by Gasteiger charge is -2.34. The van der Waals surface area contributed by atoms with Crippen molar-refractivity contribution in [1.82, 2.24) is 9.80 Å². The molecule has 0 unspecified atom stereocenters. The van der Waals surface area contributed by atoms with E-state index in [1.165, 1.54) is 11.6 Å². The predicted octanol–water partition coefficient (Wildman–Crippen LogP) is 3.83. The lowest BCUT2D eigenvalue weighted by molar-refractivity contribution is 0.148. The molecule has 0 aromatic heterocycles.